The van der Waals surface area contributed by atoms with Crippen LogP contribution in [-0.2, 0) is 22.6 Å². The third kappa shape index (κ3) is 7.83. The first-order chi connectivity index (χ1) is 23.4. The van der Waals surface area contributed by atoms with Gasteiger partial charge in [0, 0.05) is 41.1 Å². The lowest BCUT2D eigenvalue weighted by Gasteiger charge is -2.41. The van der Waals surface area contributed by atoms with Gasteiger partial charge in [-0.15, -0.1) is 11.8 Å². The third-order valence-corrected chi connectivity index (χ3v) is 9.60. The van der Waals surface area contributed by atoms with Crippen LogP contribution in [-0.4, -0.2) is 38.9 Å². The molecule has 1 fully saturated rings. The standard InChI is InChI=1S/C39H36N2O6S/c1-25-34(24-48-35-13-3-2-12-33(35)38(44)45)46-39(47-36(25)28-16-14-26(23-42)15-17-28)31-10-5-9-30(20-31)29-8-4-7-27(19-29)21-41-37(43)32-11-6-18-40-22-32/h2-20,22,25,34,36,39,42H,21,23-24H2,1H3,(H,41,43)(H,44,45)/t25-,34+,36+,39+/m1/s1. The van der Waals surface area contributed by atoms with Gasteiger partial charge in [0.25, 0.3) is 5.91 Å². The van der Waals surface area contributed by atoms with Crippen molar-refractivity contribution in [1.82, 2.24) is 10.3 Å². The number of aliphatic hydroxyl groups excluding tert-OH is 1. The van der Waals surface area contributed by atoms with E-state index in [9.17, 15) is 19.8 Å². The second-order valence-electron chi connectivity index (χ2n) is 11.7. The van der Waals surface area contributed by atoms with Crippen molar-refractivity contribution in [2.24, 2.45) is 5.92 Å². The summed E-state index contributed by atoms with van der Waals surface area (Å²) >= 11 is 1.47. The van der Waals surface area contributed by atoms with Gasteiger partial charge in [-0.25, -0.2) is 4.79 Å². The van der Waals surface area contributed by atoms with Crippen LogP contribution in [0, 0.1) is 5.92 Å². The molecule has 1 saturated heterocycles. The fourth-order valence-corrected chi connectivity index (χ4v) is 6.97. The first-order valence-electron chi connectivity index (χ1n) is 15.7. The number of ether oxygens (including phenoxy) is 2. The number of rotatable bonds is 11. The van der Waals surface area contributed by atoms with E-state index in [1.165, 1.54) is 11.8 Å². The molecule has 0 bridgehead atoms. The van der Waals surface area contributed by atoms with Crippen LogP contribution in [0.1, 0.15) is 62.3 Å². The third-order valence-electron chi connectivity index (χ3n) is 8.44. The molecule has 244 valence electrons. The number of amides is 1. The number of hydrogen-bond acceptors (Lipinski definition) is 7. The minimum Gasteiger partial charge on any atom is -0.478 e. The molecule has 0 aliphatic carbocycles. The van der Waals surface area contributed by atoms with Gasteiger partial charge in [-0.1, -0.05) is 79.7 Å². The molecule has 3 N–H and O–H groups in total. The van der Waals surface area contributed by atoms with E-state index >= 15 is 0 Å². The molecule has 0 unspecified atom stereocenters. The van der Waals surface area contributed by atoms with Crippen molar-refractivity contribution >= 4 is 23.6 Å². The van der Waals surface area contributed by atoms with Crippen LogP contribution < -0.4 is 5.32 Å². The molecule has 48 heavy (non-hydrogen) atoms. The van der Waals surface area contributed by atoms with Gasteiger partial charge in [0.05, 0.1) is 29.9 Å². The van der Waals surface area contributed by atoms with E-state index in [1.807, 2.05) is 72.8 Å². The number of thioether (sulfide) groups is 1. The van der Waals surface area contributed by atoms with Crippen LogP contribution in [0.15, 0.2) is 126 Å². The number of aromatic carboxylic acids is 1. The maximum Gasteiger partial charge on any atom is 0.336 e. The number of nitrogens with one attached hydrogen (secondary N) is 1. The molecule has 2 heterocycles. The van der Waals surface area contributed by atoms with Crippen molar-refractivity contribution in [2.45, 2.75) is 43.5 Å². The second-order valence-corrected chi connectivity index (χ2v) is 12.7. The number of carboxylic acid groups (broad SMARTS) is 1. The van der Waals surface area contributed by atoms with Crippen LogP contribution in [0.3, 0.4) is 0 Å². The normalized spacial score (nSPS) is 19.0. The Bertz CT molecular complexity index is 1870. The summed E-state index contributed by atoms with van der Waals surface area (Å²) in [5.74, 6) is -0.665. The summed E-state index contributed by atoms with van der Waals surface area (Å²) in [5.41, 5.74) is 6.35. The number of nitrogens with zero attached hydrogens (tertiary/aromatic N) is 1. The summed E-state index contributed by atoms with van der Waals surface area (Å²) in [6, 6.07) is 34.3. The smallest absolute Gasteiger partial charge is 0.336 e. The van der Waals surface area contributed by atoms with Gasteiger partial charge in [-0.2, -0.15) is 0 Å². The molecular weight excluding hydrogens is 625 g/mol. The van der Waals surface area contributed by atoms with Crippen LogP contribution in [0.4, 0.5) is 0 Å². The molecule has 1 aliphatic heterocycles. The number of hydrogen-bond donors (Lipinski definition) is 3. The monoisotopic (exact) mass is 660 g/mol. The maximum absolute atomic E-state index is 12.6. The van der Waals surface area contributed by atoms with Crippen molar-refractivity contribution < 1.29 is 29.3 Å². The van der Waals surface area contributed by atoms with Gasteiger partial charge in [-0.05, 0) is 64.2 Å². The topological polar surface area (TPSA) is 118 Å². The fraction of sp³-hybridized carbons (Fsp3) is 0.205. The highest BCUT2D eigenvalue weighted by molar-refractivity contribution is 7.99. The lowest BCUT2D eigenvalue weighted by Crippen LogP contribution is -2.38. The first kappa shape index (κ1) is 33.1. The predicted molar refractivity (Wildman–Crippen MR) is 184 cm³/mol. The quantitative estimate of drug-likeness (QED) is 0.125. The van der Waals surface area contributed by atoms with Crippen LogP contribution in [0.5, 0.6) is 0 Å². The largest absolute Gasteiger partial charge is 0.478 e. The van der Waals surface area contributed by atoms with Crippen molar-refractivity contribution in [3.63, 3.8) is 0 Å². The highest BCUT2D eigenvalue weighted by atomic mass is 32.2. The average molecular weight is 661 g/mol. The summed E-state index contributed by atoms with van der Waals surface area (Å²) in [6.45, 7) is 2.42. The Balaban J connectivity index is 1.24. The van der Waals surface area contributed by atoms with E-state index in [0.717, 1.165) is 33.4 Å². The summed E-state index contributed by atoms with van der Waals surface area (Å²) < 4.78 is 13.3. The summed E-state index contributed by atoms with van der Waals surface area (Å²) in [6.07, 6.45) is 1.95. The molecule has 0 saturated carbocycles. The van der Waals surface area contributed by atoms with Gasteiger partial charge in [0.2, 0.25) is 0 Å². The van der Waals surface area contributed by atoms with E-state index in [2.05, 4.69) is 29.4 Å². The zero-order valence-corrected chi connectivity index (χ0v) is 27.2. The number of pyridine rings is 1. The molecule has 1 aromatic heterocycles. The molecule has 1 amide bonds. The Labute approximate surface area is 283 Å². The van der Waals surface area contributed by atoms with E-state index in [1.54, 1.807) is 36.7 Å². The Morgan fingerprint density at radius 1 is 0.833 bits per heavy atom. The molecule has 5 aromatic rings. The van der Waals surface area contributed by atoms with Crippen LogP contribution in [0.2, 0.25) is 0 Å². The SMILES string of the molecule is C[C@@H]1[C@H](CSc2ccccc2C(=O)O)O[C@H](c2cccc(-c3cccc(CNC(=O)c4cccnc4)c3)c2)O[C@@H]1c1ccc(CO)cc1. The van der Waals surface area contributed by atoms with E-state index < -0.39 is 12.3 Å². The second kappa shape index (κ2) is 15.4. The number of carboxylic acids is 1. The Morgan fingerprint density at radius 2 is 1.60 bits per heavy atom. The number of carbonyl (C=O) groups excluding carboxylic acids is 1. The molecule has 0 radical (unpaired) electrons. The maximum atomic E-state index is 12.6. The first-order valence-corrected chi connectivity index (χ1v) is 16.7. The van der Waals surface area contributed by atoms with E-state index in [-0.39, 0.29) is 36.2 Å². The Kier molecular flexibility index (Phi) is 10.6. The minimum atomic E-state index is -0.962. The van der Waals surface area contributed by atoms with E-state index in [0.29, 0.717) is 22.8 Å². The molecule has 9 heteroatoms. The number of aromatic nitrogens is 1. The molecule has 8 nitrogen and oxygen atoms in total. The summed E-state index contributed by atoms with van der Waals surface area (Å²) in [5, 5.41) is 22.3. The van der Waals surface area contributed by atoms with Gasteiger partial charge in [-0.3, -0.25) is 9.78 Å². The zero-order chi connectivity index (χ0) is 33.5. The predicted octanol–water partition coefficient (Wildman–Crippen LogP) is 7.45. The lowest BCUT2D eigenvalue weighted by atomic mass is 9.91. The number of benzene rings is 4. The van der Waals surface area contributed by atoms with Crippen LogP contribution >= 0.6 is 11.8 Å². The Morgan fingerprint density at radius 3 is 2.35 bits per heavy atom. The zero-order valence-electron chi connectivity index (χ0n) is 26.4. The lowest BCUT2D eigenvalue weighted by molar-refractivity contribution is -0.268. The fourth-order valence-electron chi connectivity index (χ4n) is 5.76. The Hall–Kier alpha value is -4.80. The van der Waals surface area contributed by atoms with Crippen molar-refractivity contribution in [2.75, 3.05) is 5.75 Å². The van der Waals surface area contributed by atoms with Gasteiger partial charge < -0.3 is 25.0 Å². The van der Waals surface area contributed by atoms with Crippen molar-refractivity contribution in [3.05, 3.63) is 155 Å². The van der Waals surface area contributed by atoms with Crippen LogP contribution in [0.25, 0.3) is 11.1 Å². The molecule has 0 spiro atoms. The average Bonchev–Trinajstić information content (AvgIpc) is 3.14. The molecule has 1 aliphatic rings. The van der Waals surface area contributed by atoms with Crippen molar-refractivity contribution in [1.29, 1.82) is 0 Å². The summed E-state index contributed by atoms with van der Waals surface area (Å²) in [4.78, 5) is 29.1. The van der Waals surface area contributed by atoms with E-state index in [4.69, 9.17) is 9.47 Å². The molecule has 6 rings (SSSR count). The summed E-state index contributed by atoms with van der Waals surface area (Å²) in [7, 11) is 0. The highest BCUT2D eigenvalue weighted by Gasteiger charge is 2.38. The van der Waals surface area contributed by atoms with Gasteiger partial charge in [0.1, 0.15) is 0 Å². The van der Waals surface area contributed by atoms with Crippen molar-refractivity contribution in [3.8, 4) is 11.1 Å². The van der Waals surface area contributed by atoms with Gasteiger partial charge in [0.15, 0.2) is 6.29 Å². The minimum absolute atomic E-state index is 0.0415. The number of aliphatic hydroxyl groups is 1. The highest BCUT2D eigenvalue weighted by Crippen LogP contribution is 2.43. The molecule has 4 atom stereocenters. The molecular formula is C39H36N2O6S. The molecule has 4 aromatic carbocycles. The number of carbonyl (C=O) groups is 2. The van der Waals surface area contributed by atoms with Gasteiger partial charge >= 0.3 is 5.97 Å².